The van der Waals surface area contributed by atoms with Crippen LogP contribution in [0, 0.1) is 0 Å². The molecule has 1 aliphatic rings. The molecule has 1 atom stereocenters. The summed E-state index contributed by atoms with van der Waals surface area (Å²) in [6.07, 6.45) is 0.603. The fraction of sp³-hybridized carbons (Fsp3) is 0.273. The highest BCUT2D eigenvalue weighted by Crippen LogP contribution is 2.26. The van der Waals surface area contributed by atoms with E-state index in [2.05, 4.69) is 10.3 Å². The van der Waals surface area contributed by atoms with Crippen molar-refractivity contribution in [3.63, 3.8) is 0 Å². The van der Waals surface area contributed by atoms with Gasteiger partial charge < -0.3 is 5.32 Å². The monoisotopic (exact) mass is 473 g/mol. The van der Waals surface area contributed by atoms with Gasteiger partial charge in [0.1, 0.15) is 11.0 Å². The molecule has 1 saturated heterocycles. The van der Waals surface area contributed by atoms with Crippen LogP contribution in [0.25, 0.3) is 10.6 Å². The maximum Gasteiger partial charge on any atom is 0.239 e. The zero-order valence-electron chi connectivity index (χ0n) is 16.8. The smallest absolute Gasteiger partial charge is 0.239 e. The van der Waals surface area contributed by atoms with Gasteiger partial charge in [0.05, 0.1) is 17.3 Å². The van der Waals surface area contributed by atoms with E-state index in [-0.39, 0.29) is 11.7 Å². The molecule has 1 aliphatic heterocycles. The van der Waals surface area contributed by atoms with Crippen LogP contribution in [0.5, 0.6) is 0 Å². The number of sulfonamides is 1. The van der Waals surface area contributed by atoms with E-state index in [1.54, 1.807) is 23.5 Å². The van der Waals surface area contributed by atoms with Crippen molar-refractivity contribution < 1.29 is 13.2 Å². The van der Waals surface area contributed by atoms with Crippen molar-refractivity contribution in [1.82, 2.24) is 14.6 Å². The van der Waals surface area contributed by atoms with Gasteiger partial charge in [0.15, 0.2) is 0 Å². The highest BCUT2D eigenvalue weighted by molar-refractivity contribution is 8.00. The van der Waals surface area contributed by atoms with Gasteiger partial charge in [-0.25, -0.2) is 13.4 Å². The first-order valence-electron chi connectivity index (χ1n) is 9.92. The zero-order chi connectivity index (χ0) is 21.7. The Kier molecular flexibility index (Phi) is 7.06. The summed E-state index contributed by atoms with van der Waals surface area (Å²) >= 11 is 3.04. The minimum Gasteiger partial charge on any atom is -0.354 e. The molecular formula is C22H23N3O3S3. The Balaban J connectivity index is 1.32. The Hall–Kier alpha value is -2.20. The van der Waals surface area contributed by atoms with Crippen LogP contribution in [-0.2, 0) is 27.0 Å². The van der Waals surface area contributed by atoms with E-state index in [0.717, 1.165) is 21.8 Å². The molecule has 4 rings (SSSR count). The largest absolute Gasteiger partial charge is 0.354 e. The number of hydrogen-bond donors (Lipinski definition) is 1. The predicted octanol–water partition coefficient (Wildman–Crippen LogP) is 3.37. The van der Waals surface area contributed by atoms with Crippen molar-refractivity contribution in [2.24, 2.45) is 0 Å². The molecule has 0 saturated carbocycles. The molecule has 1 aromatic heterocycles. The number of benzene rings is 2. The number of hydrogen-bond acceptors (Lipinski definition) is 6. The van der Waals surface area contributed by atoms with Gasteiger partial charge >= 0.3 is 0 Å². The normalized spacial score (nSPS) is 17.0. The summed E-state index contributed by atoms with van der Waals surface area (Å²) in [6.45, 7) is 0.421. The van der Waals surface area contributed by atoms with Crippen LogP contribution in [0.1, 0.15) is 11.3 Å². The van der Waals surface area contributed by atoms with Gasteiger partial charge in [0, 0.05) is 29.7 Å². The Morgan fingerprint density at radius 1 is 1.10 bits per heavy atom. The summed E-state index contributed by atoms with van der Waals surface area (Å²) in [6, 6.07) is 18.3. The van der Waals surface area contributed by atoms with Crippen LogP contribution in [0.4, 0.5) is 0 Å². The third kappa shape index (κ3) is 5.54. The van der Waals surface area contributed by atoms with Gasteiger partial charge in [-0.3, -0.25) is 4.79 Å². The predicted molar refractivity (Wildman–Crippen MR) is 126 cm³/mol. The van der Waals surface area contributed by atoms with Crippen molar-refractivity contribution in [3.05, 3.63) is 77.3 Å². The molecule has 0 bridgehead atoms. The van der Waals surface area contributed by atoms with Gasteiger partial charge in [-0.2, -0.15) is 4.31 Å². The molecule has 3 aromatic rings. The van der Waals surface area contributed by atoms with Crippen molar-refractivity contribution in [1.29, 1.82) is 0 Å². The number of thiazole rings is 1. The van der Waals surface area contributed by atoms with Gasteiger partial charge in [-0.15, -0.1) is 23.1 Å². The van der Waals surface area contributed by atoms with Crippen molar-refractivity contribution >= 4 is 39.0 Å². The maximum atomic E-state index is 12.9. The van der Waals surface area contributed by atoms with Gasteiger partial charge in [-0.1, -0.05) is 60.7 Å². The fourth-order valence-corrected chi connectivity index (χ4v) is 7.52. The first-order chi connectivity index (χ1) is 15.0. The lowest BCUT2D eigenvalue weighted by atomic mass is 10.2. The molecule has 0 radical (unpaired) electrons. The highest BCUT2D eigenvalue weighted by atomic mass is 32.2. The molecule has 0 aliphatic carbocycles. The second kappa shape index (κ2) is 9.95. The summed E-state index contributed by atoms with van der Waals surface area (Å²) in [7, 11) is -3.57. The molecule has 0 spiro atoms. The third-order valence-electron chi connectivity index (χ3n) is 4.95. The molecule has 1 unspecified atom stereocenters. The number of rotatable bonds is 8. The number of nitrogens with one attached hydrogen (secondary N) is 1. The molecule has 2 aromatic carbocycles. The first-order valence-corrected chi connectivity index (χ1v) is 13.6. The second-order valence-electron chi connectivity index (χ2n) is 7.20. The minimum atomic E-state index is -3.57. The average Bonchev–Trinajstić information content (AvgIpc) is 3.45. The summed E-state index contributed by atoms with van der Waals surface area (Å²) in [5.41, 5.74) is 2.71. The maximum absolute atomic E-state index is 12.9. The SMILES string of the molecule is O=C(NCCc1csc(-c2ccccc2)n1)C1CSCN1S(=O)(=O)Cc1ccccc1. The van der Waals surface area contributed by atoms with E-state index in [1.165, 1.54) is 16.1 Å². The summed E-state index contributed by atoms with van der Waals surface area (Å²) in [5.74, 6) is 0.424. The number of carbonyl (C=O) groups is 1. The van der Waals surface area contributed by atoms with E-state index in [4.69, 9.17) is 0 Å². The Labute approximate surface area is 190 Å². The molecule has 1 amide bonds. The number of nitrogens with zero attached hydrogens (tertiary/aromatic N) is 2. The van der Waals surface area contributed by atoms with E-state index >= 15 is 0 Å². The Morgan fingerprint density at radius 3 is 2.55 bits per heavy atom. The van der Waals surface area contributed by atoms with Crippen LogP contribution in [-0.4, -0.2) is 47.8 Å². The van der Waals surface area contributed by atoms with Crippen LogP contribution in [0.2, 0.25) is 0 Å². The third-order valence-corrected chi connectivity index (χ3v) is 8.86. The van der Waals surface area contributed by atoms with E-state index in [0.29, 0.717) is 24.6 Å². The Bertz CT molecular complexity index is 1120. The van der Waals surface area contributed by atoms with Crippen LogP contribution in [0.3, 0.4) is 0 Å². The van der Waals surface area contributed by atoms with Crippen LogP contribution < -0.4 is 5.32 Å². The molecule has 31 heavy (non-hydrogen) atoms. The second-order valence-corrected chi connectivity index (χ2v) is 11.0. The van der Waals surface area contributed by atoms with Gasteiger partial charge in [0.2, 0.25) is 15.9 Å². The molecular weight excluding hydrogens is 450 g/mol. The van der Waals surface area contributed by atoms with E-state index in [1.807, 2.05) is 53.9 Å². The number of carbonyl (C=O) groups excluding carboxylic acids is 1. The lowest BCUT2D eigenvalue weighted by Crippen LogP contribution is -2.47. The van der Waals surface area contributed by atoms with Gasteiger partial charge in [0.25, 0.3) is 0 Å². The fourth-order valence-electron chi connectivity index (χ4n) is 3.34. The van der Waals surface area contributed by atoms with Crippen LogP contribution >= 0.6 is 23.1 Å². The zero-order valence-corrected chi connectivity index (χ0v) is 19.3. The molecule has 6 nitrogen and oxygen atoms in total. The van der Waals surface area contributed by atoms with Crippen molar-refractivity contribution in [2.45, 2.75) is 18.2 Å². The summed E-state index contributed by atoms with van der Waals surface area (Å²) < 4.78 is 27.1. The molecule has 162 valence electrons. The van der Waals surface area contributed by atoms with Gasteiger partial charge in [-0.05, 0) is 5.56 Å². The highest BCUT2D eigenvalue weighted by Gasteiger charge is 2.38. The summed E-state index contributed by atoms with van der Waals surface area (Å²) in [4.78, 5) is 17.4. The number of amides is 1. The Morgan fingerprint density at radius 2 is 1.81 bits per heavy atom. The topological polar surface area (TPSA) is 79.4 Å². The number of aromatic nitrogens is 1. The van der Waals surface area contributed by atoms with Crippen molar-refractivity contribution in [2.75, 3.05) is 18.2 Å². The number of thioether (sulfide) groups is 1. The van der Waals surface area contributed by atoms with E-state index in [9.17, 15) is 13.2 Å². The molecule has 1 N–H and O–H groups in total. The quantitative estimate of drug-likeness (QED) is 0.543. The minimum absolute atomic E-state index is 0.0979. The molecule has 9 heteroatoms. The lowest BCUT2D eigenvalue weighted by molar-refractivity contribution is -0.123. The van der Waals surface area contributed by atoms with Crippen LogP contribution in [0.15, 0.2) is 66.0 Å². The molecule has 2 heterocycles. The van der Waals surface area contributed by atoms with E-state index < -0.39 is 16.1 Å². The average molecular weight is 474 g/mol. The molecule has 1 fully saturated rings. The standard InChI is InChI=1S/C22H23N3O3S3/c26-21(23-12-11-19-13-30-22(24-19)18-9-5-2-6-10-18)20-14-29-16-25(20)31(27,28)15-17-7-3-1-4-8-17/h1-10,13,20H,11-12,14-16H2,(H,23,26). The lowest BCUT2D eigenvalue weighted by Gasteiger charge is -2.22. The first kappa shape index (κ1) is 22.0. The summed E-state index contributed by atoms with van der Waals surface area (Å²) in [5, 5.41) is 5.84. The van der Waals surface area contributed by atoms with Crippen molar-refractivity contribution in [3.8, 4) is 10.6 Å².